The summed E-state index contributed by atoms with van der Waals surface area (Å²) in [6, 6.07) is -0.0335. The number of urea groups is 1. The molecule has 3 aliphatic rings. The molecule has 8 heteroatoms. The molecule has 0 unspecified atom stereocenters. The highest BCUT2D eigenvalue weighted by atomic mass is 16.7. The van der Waals surface area contributed by atoms with Crippen molar-refractivity contribution in [2.45, 2.75) is 38.2 Å². The van der Waals surface area contributed by atoms with E-state index in [4.69, 9.17) is 4.84 Å². The Hall–Kier alpha value is -1.38. The van der Waals surface area contributed by atoms with Crippen LogP contribution in [0, 0.1) is 5.92 Å². The molecule has 0 aliphatic carbocycles. The fraction of sp³-hybridized carbons (Fsp3) is 0.882. The van der Waals surface area contributed by atoms with E-state index in [1.807, 2.05) is 9.96 Å². The van der Waals surface area contributed by atoms with Crippen molar-refractivity contribution < 1.29 is 19.5 Å². The number of nitrogens with one attached hydrogen (secondary N) is 1. The Bertz CT molecular complexity index is 464. The second-order valence-corrected chi connectivity index (χ2v) is 7.20. The Morgan fingerprint density at radius 1 is 1.08 bits per heavy atom. The van der Waals surface area contributed by atoms with Crippen LogP contribution in [0.15, 0.2) is 0 Å². The third-order valence-electron chi connectivity index (χ3n) is 5.38. The Kier molecular flexibility index (Phi) is 6.50. The molecule has 0 aromatic carbocycles. The predicted octanol–water partition coefficient (Wildman–Crippen LogP) is 0.0286. The number of aliphatic hydroxyl groups is 1. The van der Waals surface area contributed by atoms with Gasteiger partial charge in [0.2, 0.25) is 5.91 Å². The lowest BCUT2D eigenvalue weighted by molar-refractivity contribution is -0.142. The zero-order valence-electron chi connectivity index (χ0n) is 14.9. The zero-order valence-corrected chi connectivity index (χ0v) is 14.9. The molecular weight excluding hydrogens is 324 g/mol. The number of likely N-dealkylation sites (tertiary alicyclic amines) is 2. The molecule has 0 aromatic heterocycles. The summed E-state index contributed by atoms with van der Waals surface area (Å²) in [6.45, 7) is 5.34. The number of amides is 3. The molecule has 3 heterocycles. The number of hydrogen-bond donors (Lipinski definition) is 2. The van der Waals surface area contributed by atoms with Crippen LogP contribution in [-0.2, 0) is 9.63 Å². The molecule has 0 spiro atoms. The minimum absolute atomic E-state index is 0.0116. The summed E-state index contributed by atoms with van der Waals surface area (Å²) in [5, 5.41) is 15.1. The normalized spacial score (nSPS) is 27.7. The van der Waals surface area contributed by atoms with Gasteiger partial charge in [0.25, 0.3) is 0 Å². The molecule has 0 bridgehead atoms. The van der Waals surface area contributed by atoms with Gasteiger partial charge in [-0.05, 0) is 25.7 Å². The van der Waals surface area contributed by atoms with Crippen LogP contribution in [0.5, 0.6) is 0 Å². The van der Waals surface area contributed by atoms with Gasteiger partial charge in [0, 0.05) is 58.2 Å². The molecule has 3 fully saturated rings. The van der Waals surface area contributed by atoms with Crippen molar-refractivity contribution in [2.24, 2.45) is 5.92 Å². The maximum Gasteiger partial charge on any atom is 0.317 e. The zero-order chi connectivity index (χ0) is 17.6. The van der Waals surface area contributed by atoms with Gasteiger partial charge in [-0.2, -0.15) is 5.06 Å². The number of hydrogen-bond acceptors (Lipinski definition) is 5. The first-order valence-corrected chi connectivity index (χ1v) is 9.50. The minimum atomic E-state index is -0.584. The molecule has 2 atom stereocenters. The van der Waals surface area contributed by atoms with E-state index in [-0.39, 0.29) is 17.9 Å². The lowest BCUT2D eigenvalue weighted by Gasteiger charge is -2.36. The van der Waals surface area contributed by atoms with E-state index in [0.29, 0.717) is 39.0 Å². The summed E-state index contributed by atoms with van der Waals surface area (Å²) in [7, 11) is 0. The molecule has 0 saturated carbocycles. The van der Waals surface area contributed by atoms with Crippen molar-refractivity contribution in [1.29, 1.82) is 0 Å². The highest BCUT2D eigenvalue weighted by Gasteiger charge is 2.31. The van der Waals surface area contributed by atoms with Crippen molar-refractivity contribution in [3.63, 3.8) is 0 Å². The average Bonchev–Trinajstić information content (AvgIpc) is 3.31. The Balaban J connectivity index is 1.36. The van der Waals surface area contributed by atoms with E-state index in [1.54, 1.807) is 4.90 Å². The molecule has 0 radical (unpaired) electrons. The smallest absolute Gasteiger partial charge is 0.317 e. The van der Waals surface area contributed by atoms with Crippen molar-refractivity contribution in [3.05, 3.63) is 0 Å². The lowest BCUT2D eigenvalue weighted by atomic mass is 9.93. The van der Waals surface area contributed by atoms with Gasteiger partial charge in [-0.3, -0.25) is 9.63 Å². The molecule has 2 N–H and O–H groups in total. The van der Waals surface area contributed by atoms with Gasteiger partial charge in [0.15, 0.2) is 0 Å². The summed E-state index contributed by atoms with van der Waals surface area (Å²) >= 11 is 0. The molecule has 142 valence electrons. The molecule has 0 aromatic rings. The quantitative estimate of drug-likeness (QED) is 0.728. The topological polar surface area (TPSA) is 85.4 Å². The van der Waals surface area contributed by atoms with Crippen molar-refractivity contribution in [3.8, 4) is 0 Å². The molecular formula is C17H30N4O4. The predicted molar refractivity (Wildman–Crippen MR) is 91.7 cm³/mol. The highest BCUT2D eigenvalue weighted by Crippen LogP contribution is 2.19. The summed E-state index contributed by atoms with van der Waals surface area (Å²) in [5.41, 5.74) is 0. The second kappa shape index (κ2) is 8.82. The number of β-amino-alcohol motifs (C(OH)–C–C–N with tert-alkyl or cyclic N) is 1. The molecule has 3 aliphatic heterocycles. The van der Waals surface area contributed by atoms with Gasteiger partial charge in [-0.15, -0.1) is 0 Å². The standard InChI is InChI=1S/C17H30N4O4/c22-15-13-20(16(23)5-10-21-8-3-11-25-21)9-4-14(15)12-18-17(24)19-6-1-2-7-19/h14-15,22H,1-13H2,(H,18,24)/t14-,15+/m0/s1. The molecule has 25 heavy (non-hydrogen) atoms. The third kappa shape index (κ3) is 5.05. The average molecular weight is 354 g/mol. The first-order valence-electron chi connectivity index (χ1n) is 9.50. The Morgan fingerprint density at radius 2 is 1.88 bits per heavy atom. The van der Waals surface area contributed by atoms with Gasteiger partial charge in [-0.25, -0.2) is 4.79 Å². The number of piperidine rings is 1. The van der Waals surface area contributed by atoms with Crippen LogP contribution in [0.1, 0.15) is 32.1 Å². The van der Waals surface area contributed by atoms with E-state index in [2.05, 4.69) is 5.32 Å². The van der Waals surface area contributed by atoms with E-state index in [0.717, 1.165) is 45.5 Å². The van der Waals surface area contributed by atoms with Crippen LogP contribution in [-0.4, -0.2) is 90.4 Å². The Labute approximate surface area is 149 Å². The number of rotatable bonds is 5. The summed E-state index contributed by atoms with van der Waals surface area (Å²) < 4.78 is 0. The summed E-state index contributed by atoms with van der Waals surface area (Å²) in [6.07, 6.45) is 3.70. The van der Waals surface area contributed by atoms with Crippen molar-refractivity contribution in [1.82, 2.24) is 20.2 Å². The second-order valence-electron chi connectivity index (χ2n) is 7.20. The fourth-order valence-corrected chi connectivity index (χ4v) is 3.75. The fourth-order valence-electron chi connectivity index (χ4n) is 3.75. The van der Waals surface area contributed by atoms with Crippen molar-refractivity contribution in [2.75, 3.05) is 52.4 Å². The van der Waals surface area contributed by atoms with Crippen LogP contribution >= 0.6 is 0 Å². The van der Waals surface area contributed by atoms with E-state index in [9.17, 15) is 14.7 Å². The van der Waals surface area contributed by atoms with Gasteiger partial charge in [-0.1, -0.05) is 0 Å². The van der Waals surface area contributed by atoms with Gasteiger partial charge in [0.1, 0.15) is 0 Å². The summed E-state index contributed by atoms with van der Waals surface area (Å²) in [5.74, 6) is 0.0756. The summed E-state index contributed by atoms with van der Waals surface area (Å²) in [4.78, 5) is 33.3. The number of carbonyl (C=O) groups excluding carboxylic acids is 2. The molecule has 3 saturated heterocycles. The molecule has 3 rings (SSSR count). The number of aliphatic hydroxyl groups excluding tert-OH is 1. The lowest BCUT2D eigenvalue weighted by Crippen LogP contribution is -2.51. The van der Waals surface area contributed by atoms with Crippen LogP contribution in [0.25, 0.3) is 0 Å². The maximum absolute atomic E-state index is 12.3. The number of nitrogens with zero attached hydrogens (tertiary/aromatic N) is 3. The highest BCUT2D eigenvalue weighted by molar-refractivity contribution is 5.76. The number of carbonyl (C=O) groups is 2. The van der Waals surface area contributed by atoms with Crippen LogP contribution < -0.4 is 5.32 Å². The largest absolute Gasteiger partial charge is 0.391 e. The van der Waals surface area contributed by atoms with E-state index < -0.39 is 6.10 Å². The van der Waals surface area contributed by atoms with Crippen molar-refractivity contribution >= 4 is 11.9 Å². The van der Waals surface area contributed by atoms with Gasteiger partial charge < -0.3 is 20.2 Å². The van der Waals surface area contributed by atoms with Gasteiger partial charge in [0.05, 0.1) is 12.7 Å². The van der Waals surface area contributed by atoms with Crippen LogP contribution in [0.4, 0.5) is 4.79 Å². The first kappa shape index (κ1) is 18.4. The van der Waals surface area contributed by atoms with Gasteiger partial charge >= 0.3 is 6.03 Å². The molecule has 8 nitrogen and oxygen atoms in total. The number of hydroxylamine groups is 2. The van der Waals surface area contributed by atoms with E-state index >= 15 is 0 Å². The molecule has 3 amide bonds. The maximum atomic E-state index is 12.3. The van der Waals surface area contributed by atoms with Crippen LogP contribution in [0.2, 0.25) is 0 Å². The monoisotopic (exact) mass is 354 g/mol. The first-order chi connectivity index (χ1) is 12.1. The third-order valence-corrected chi connectivity index (χ3v) is 5.38. The Morgan fingerprint density at radius 3 is 2.56 bits per heavy atom. The SMILES string of the molecule is O=C(CCN1CCCO1)N1CC[C@@H](CNC(=O)N2CCCC2)[C@H](O)C1. The van der Waals surface area contributed by atoms with E-state index in [1.165, 1.54) is 0 Å². The minimum Gasteiger partial charge on any atom is -0.391 e. The van der Waals surface area contributed by atoms with Crippen LogP contribution in [0.3, 0.4) is 0 Å².